The number of nitrogens with one attached hydrogen (secondary N) is 1. The third kappa shape index (κ3) is 3.91. The third-order valence-corrected chi connectivity index (χ3v) is 6.06. The van der Waals surface area contributed by atoms with Crippen molar-refractivity contribution in [2.24, 2.45) is 0 Å². The van der Waals surface area contributed by atoms with E-state index >= 15 is 0 Å². The molecule has 174 valence electrons. The minimum atomic E-state index is -0.104. The van der Waals surface area contributed by atoms with Crippen LogP contribution in [0.2, 0.25) is 0 Å². The van der Waals surface area contributed by atoms with Gasteiger partial charge >= 0.3 is 0 Å². The van der Waals surface area contributed by atoms with Gasteiger partial charge in [0.2, 0.25) is 18.6 Å². The lowest BCUT2D eigenvalue weighted by Crippen LogP contribution is -2.13. The molecule has 1 N–H and O–H groups in total. The normalized spacial score (nSPS) is 12.2. The standard InChI is InChI=1S/C26H26N4O4/c1-15-5-8-19(9-6-15)30-25-24(17(3)29-30)16(2)20(26(28-25)32-4)10-12-23(31)27-18-7-11-21-22(13-18)34-14-33-21/h5-9,11,13H,10,12,14H2,1-4H3,(H,27,31). The van der Waals surface area contributed by atoms with E-state index in [1.54, 1.807) is 25.3 Å². The molecule has 0 bridgehead atoms. The summed E-state index contributed by atoms with van der Waals surface area (Å²) in [5, 5.41) is 8.65. The lowest BCUT2D eigenvalue weighted by molar-refractivity contribution is -0.116. The first-order valence-corrected chi connectivity index (χ1v) is 11.1. The molecule has 0 fully saturated rings. The quantitative estimate of drug-likeness (QED) is 0.452. The Balaban J connectivity index is 1.40. The van der Waals surface area contributed by atoms with E-state index in [-0.39, 0.29) is 19.1 Å². The number of aromatic nitrogens is 3. The maximum absolute atomic E-state index is 12.7. The summed E-state index contributed by atoms with van der Waals surface area (Å²) in [4.78, 5) is 17.5. The number of carbonyl (C=O) groups excluding carboxylic acids is 1. The number of rotatable bonds is 6. The van der Waals surface area contributed by atoms with Gasteiger partial charge in [-0.3, -0.25) is 4.79 Å². The maximum Gasteiger partial charge on any atom is 0.231 e. The van der Waals surface area contributed by atoms with Crippen LogP contribution in [0.4, 0.5) is 5.69 Å². The van der Waals surface area contributed by atoms with Crippen molar-refractivity contribution >= 4 is 22.6 Å². The molecule has 0 spiro atoms. The van der Waals surface area contributed by atoms with Crippen LogP contribution >= 0.6 is 0 Å². The zero-order chi connectivity index (χ0) is 23.8. The van der Waals surface area contributed by atoms with Crippen LogP contribution < -0.4 is 19.5 Å². The smallest absolute Gasteiger partial charge is 0.231 e. The summed E-state index contributed by atoms with van der Waals surface area (Å²) >= 11 is 0. The van der Waals surface area contributed by atoms with Gasteiger partial charge in [-0.25, -0.2) is 4.68 Å². The molecule has 2 aromatic heterocycles. The summed E-state index contributed by atoms with van der Waals surface area (Å²) in [6.45, 7) is 6.26. The van der Waals surface area contributed by atoms with E-state index in [1.807, 2.05) is 30.7 Å². The van der Waals surface area contributed by atoms with Crippen LogP contribution in [0, 0.1) is 20.8 Å². The van der Waals surface area contributed by atoms with Crippen molar-refractivity contribution in [1.82, 2.24) is 14.8 Å². The zero-order valence-corrected chi connectivity index (χ0v) is 19.6. The lowest BCUT2D eigenvalue weighted by Gasteiger charge is -2.13. The fraction of sp³-hybridized carbons (Fsp3) is 0.269. The number of pyridine rings is 1. The summed E-state index contributed by atoms with van der Waals surface area (Å²) in [6, 6.07) is 13.5. The second-order valence-electron chi connectivity index (χ2n) is 8.37. The number of nitrogens with zero attached hydrogens (tertiary/aromatic N) is 3. The molecule has 0 saturated carbocycles. The van der Waals surface area contributed by atoms with Crippen LogP contribution in [0.1, 0.15) is 28.8 Å². The van der Waals surface area contributed by atoms with Crippen molar-refractivity contribution in [2.45, 2.75) is 33.6 Å². The van der Waals surface area contributed by atoms with Crippen molar-refractivity contribution in [2.75, 3.05) is 19.2 Å². The summed E-state index contributed by atoms with van der Waals surface area (Å²) in [6.07, 6.45) is 0.771. The van der Waals surface area contributed by atoms with E-state index in [2.05, 4.69) is 24.4 Å². The predicted octanol–water partition coefficient (Wildman–Crippen LogP) is 4.65. The Hall–Kier alpha value is -4.07. The molecule has 1 amide bonds. The maximum atomic E-state index is 12.7. The van der Waals surface area contributed by atoms with Crippen LogP contribution in [0.3, 0.4) is 0 Å². The number of hydrogen-bond acceptors (Lipinski definition) is 6. The number of carbonyl (C=O) groups is 1. The highest BCUT2D eigenvalue weighted by Gasteiger charge is 2.21. The fourth-order valence-electron chi connectivity index (χ4n) is 4.30. The first kappa shape index (κ1) is 21.8. The number of benzene rings is 2. The average Bonchev–Trinajstić information content (AvgIpc) is 3.42. The molecule has 1 aliphatic rings. The number of aryl methyl sites for hydroxylation is 3. The number of methoxy groups -OCH3 is 1. The Labute approximate surface area is 197 Å². The molecule has 1 aliphatic heterocycles. The van der Waals surface area contributed by atoms with E-state index in [0.717, 1.165) is 33.5 Å². The Bertz CT molecular complexity index is 1390. The molecule has 34 heavy (non-hydrogen) atoms. The summed E-state index contributed by atoms with van der Waals surface area (Å²) in [7, 11) is 1.60. The zero-order valence-electron chi connectivity index (χ0n) is 19.6. The van der Waals surface area contributed by atoms with Gasteiger partial charge in [0.25, 0.3) is 0 Å². The molecule has 5 rings (SSSR count). The molecule has 8 heteroatoms. The lowest BCUT2D eigenvalue weighted by atomic mass is 10.0. The highest BCUT2D eigenvalue weighted by molar-refractivity contribution is 5.91. The second kappa shape index (κ2) is 8.70. The molecule has 0 saturated heterocycles. The topological polar surface area (TPSA) is 87.5 Å². The molecule has 2 aromatic carbocycles. The molecule has 0 radical (unpaired) electrons. The largest absolute Gasteiger partial charge is 0.481 e. The van der Waals surface area contributed by atoms with E-state index in [9.17, 15) is 4.79 Å². The highest BCUT2D eigenvalue weighted by atomic mass is 16.7. The van der Waals surface area contributed by atoms with Gasteiger partial charge < -0.3 is 19.5 Å². The van der Waals surface area contributed by atoms with E-state index < -0.39 is 0 Å². The van der Waals surface area contributed by atoms with Crippen LogP contribution in [-0.4, -0.2) is 34.6 Å². The molecular weight excluding hydrogens is 432 g/mol. The molecule has 4 aromatic rings. The molecule has 0 atom stereocenters. The van der Waals surface area contributed by atoms with Gasteiger partial charge in [-0.1, -0.05) is 17.7 Å². The van der Waals surface area contributed by atoms with Crippen LogP contribution in [-0.2, 0) is 11.2 Å². The van der Waals surface area contributed by atoms with Gasteiger partial charge in [-0.15, -0.1) is 0 Å². The molecule has 3 heterocycles. The van der Waals surface area contributed by atoms with Crippen LogP contribution in [0.25, 0.3) is 16.7 Å². The van der Waals surface area contributed by atoms with Gasteiger partial charge in [0.15, 0.2) is 17.1 Å². The van der Waals surface area contributed by atoms with E-state index in [4.69, 9.17) is 24.3 Å². The number of fused-ring (bicyclic) bond motifs is 2. The van der Waals surface area contributed by atoms with E-state index in [1.165, 1.54) is 5.56 Å². The minimum absolute atomic E-state index is 0.104. The third-order valence-electron chi connectivity index (χ3n) is 6.06. The highest BCUT2D eigenvalue weighted by Crippen LogP contribution is 2.35. The Kier molecular flexibility index (Phi) is 5.57. The van der Waals surface area contributed by atoms with Crippen molar-refractivity contribution in [1.29, 1.82) is 0 Å². The predicted molar refractivity (Wildman–Crippen MR) is 129 cm³/mol. The first-order chi connectivity index (χ1) is 16.4. The van der Waals surface area contributed by atoms with Crippen LogP contribution in [0.15, 0.2) is 42.5 Å². The Morgan fingerprint density at radius 2 is 1.85 bits per heavy atom. The molecule has 8 nitrogen and oxygen atoms in total. The molecular formula is C26H26N4O4. The Morgan fingerprint density at radius 3 is 2.62 bits per heavy atom. The number of ether oxygens (including phenoxy) is 3. The Morgan fingerprint density at radius 1 is 1.09 bits per heavy atom. The van der Waals surface area contributed by atoms with Crippen molar-refractivity contribution < 1.29 is 19.0 Å². The van der Waals surface area contributed by atoms with Crippen molar-refractivity contribution in [3.63, 3.8) is 0 Å². The van der Waals surface area contributed by atoms with Crippen LogP contribution in [0.5, 0.6) is 17.4 Å². The number of anilines is 1. The van der Waals surface area contributed by atoms with Crippen molar-refractivity contribution in [3.8, 4) is 23.1 Å². The van der Waals surface area contributed by atoms with Gasteiger partial charge in [0.05, 0.1) is 18.5 Å². The minimum Gasteiger partial charge on any atom is -0.481 e. The van der Waals surface area contributed by atoms with Crippen molar-refractivity contribution in [3.05, 3.63) is 64.8 Å². The molecule has 0 aliphatic carbocycles. The second-order valence-corrected chi connectivity index (χ2v) is 8.37. The fourth-order valence-corrected chi connectivity index (χ4v) is 4.30. The van der Waals surface area contributed by atoms with Gasteiger partial charge in [-0.05, 0) is 57.0 Å². The summed E-state index contributed by atoms with van der Waals surface area (Å²) in [5.41, 5.74) is 6.34. The number of amides is 1. The van der Waals surface area contributed by atoms with E-state index in [0.29, 0.717) is 29.5 Å². The van der Waals surface area contributed by atoms with Gasteiger partial charge in [0.1, 0.15) is 0 Å². The SMILES string of the molecule is COc1nc2c(c(C)nn2-c2ccc(C)cc2)c(C)c1CCC(=O)Nc1ccc2c(c1)OCO2. The average molecular weight is 459 g/mol. The number of hydrogen-bond donors (Lipinski definition) is 1. The van der Waals surface area contributed by atoms with Gasteiger partial charge in [0, 0.05) is 29.1 Å². The summed E-state index contributed by atoms with van der Waals surface area (Å²) in [5.74, 6) is 1.71. The summed E-state index contributed by atoms with van der Waals surface area (Å²) < 4.78 is 18.2. The monoisotopic (exact) mass is 458 g/mol. The first-order valence-electron chi connectivity index (χ1n) is 11.1. The molecule has 0 unspecified atom stereocenters. The van der Waals surface area contributed by atoms with Gasteiger partial charge in [-0.2, -0.15) is 10.1 Å².